The standard InChI is InChI=1S/C17H28O4/c1-11-7-9-16(21-13(3)18)12(2)6-8-14(10-15(11)19)17(4,5)20/h14-15,19-20H,1,6-10H2,2-5H3/b16-12+. The first-order valence-electron chi connectivity index (χ1n) is 7.56. The van der Waals surface area contributed by atoms with Crippen LogP contribution in [-0.4, -0.2) is 27.9 Å². The van der Waals surface area contributed by atoms with Gasteiger partial charge in [-0.25, -0.2) is 0 Å². The first-order valence-corrected chi connectivity index (χ1v) is 7.56. The Bertz CT molecular complexity index is 429. The van der Waals surface area contributed by atoms with Gasteiger partial charge in [-0.2, -0.15) is 0 Å². The van der Waals surface area contributed by atoms with Gasteiger partial charge in [-0.05, 0) is 63.5 Å². The molecule has 1 aliphatic carbocycles. The lowest BCUT2D eigenvalue weighted by Crippen LogP contribution is -2.34. The quantitative estimate of drug-likeness (QED) is 0.607. The second-order valence-corrected chi connectivity index (χ2v) is 6.60. The third kappa shape index (κ3) is 5.64. The number of carbonyl (C=O) groups excluding carboxylic acids is 1. The highest BCUT2D eigenvalue weighted by Crippen LogP contribution is 2.33. The van der Waals surface area contributed by atoms with Gasteiger partial charge in [-0.3, -0.25) is 4.79 Å². The minimum Gasteiger partial charge on any atom is -0.431 e. The lowest BCUT2D eigenvalue weighted by Gasteiger charge is -2.32. The average Bonchev–Trinajstić information content (AvgIpc) is 2.35. The zero-order valence-corrected chi connectivity index (χ0v) is 13.6. The van der Waals surface area contributed by atoms with E-state index in [-0.39, 0.29) is 11.9 Å². The number of hydrogen-bond donors (Lipinski definition) is 2. The van der Waals surface area contributed by atoms with E-state index in [0.717, 1.165) is 24.0 Å². The summed E-state index contributed by atoms with van der Waals surface area (Å²) in [4.78, 5) is 11.2. The molecular formula is C17H28O4. The molecule has 0 aliphatic heterocycles. The average molecular weight is 296 g/mol. The van der Waals surface area contributed by atoms with E-state index in [0.29, 0.717) is 25.0 Å². The van der Waals surface area contributed by atoms with E-state index in [1.54, 1.807) is 13.8 Å². The molecule has 0 saturated carbocycles. The molecule has 0 fully saturated rings. The van der Waals surface area contributed by atoms with Gasteiger partial charge in [0.05, 0.1) is 11.7 Å². The molecule has 0 heterocycles. The first-order chi connectivity index (χ1) is 9.61. The van der Waals surface area contributed by atoms with Gasteiger partial charge in [0.1, 0.15) is 5.76 Å². The molecule has 0 amide bonds. The lowest BCUT2D eigenvalue weighted by atomic mass is 9.79. The van der Waals surface area contributed by atoms with Crippen LogP contribution >= 0.6 is 0 Å². The molecule has 21 heavy (non-hydrogen) atoms. The van der Waals surface area contributed by atoms with Crippen LogP contribution in [0.5, 0.6) is 0 Å². The molecule has 4 nitrogen and oxygen atoms in total. The maximum absolute atomic E-state index is 11.2. The Morgan fingerprint density at radius 1 is 1.33 bits per heavy atom. The topological polar surface area (TPSA) is 66.8 Å². The number of rotatable bonds is 2. The molecule has 0 aromatic rings. The predicted octanol–water partition coefficient (Wildman–Crippen LogP) is 3.09. The molecule has 0 bridgehead atoms. The highest BCUT2D eigenvalue weighted by atomic mass is 16.5. The molecule has 0 saturated heterocycles. The van der Waals surface area contributed by atoms with Crippen molar-refractivity contribution in [3.63, 3.8) is 0 Å². The molecule has 0 radical (unpaired) electrons. The largest absolute Gasteiger partial charge is 0.431 e. The van der Waals surface area contributed by atoms with Crippen LogP contribution in [0.1, 0.15) is 59.8 Å². The second kappa shape index (κ2) is 7.23. The molecule has 2 atom stereocenters. The summed E-state index contributed by atoms with van der Waals surface area (Å²) in [6.45, 7) is 10.8. The number of carbonyl (C=O) groups is 1. The Hall–Kier alpha value is -1.13. The van der Waals surface area contributed by atoms with Crippen molar-refractivity contribution in [2.75, 3.05) is 0 Å². The fraction of sp³-hybridized carbons (Fsp3) is 0.706. The normalized spacial score (nSPS) is 29.1. The Kier molecular flexibility index (Phi) is 6.17. The predicted molar refractivity (Wildman–Crippen MR) is 82.5 cm³/mol. The van der Waals surface area contributed by atoms with Crippen molar-refractivity contribution in [1.29, 1.82) is 0 Å². The van der Waals surface area contributed by atoms with Crippen molar-refractivity contribution in [1.82, 2.24) is 0 Å². The molecule has 4 heteroatoms. The van der Waals surface area contributed by atoms with Crippen LogP contribution in [0.3, 0.4) is 0 Å². The Balaban J connectivity index is 3.00. The summed E-state index contributed by atoms with van der Waals surface area (Å²) < 4.78 is 5.30. The summed E-state index contributed by atoms with van der Waals surface area (Å²) in [5.74, 6) is 0.315. The van der Waals surface area contributed by atoms with Gasteiger partial charge in [-0.15, -0.1) is 0 Å². The SMILES string of the molecule is C=C1CC/C(OC(C)=O)=C(/C)CCC(C(C)(C)O)CC1O. The van der Waals surface area contributed by atoms with Gasteiger partial charge in [0.25, 0.3) is 0 Å². The van der Waals surface area contributed by atoms with Crippen molar-refractivity contribution >= 4 is 5.97 Å². The fourth-order valence-electron chi connectivity index (χ4n) is 2.69. The number of ether oxygens (including phenoxy) is 1. The number of hydrogen-bond acceptors (Lipinski definition) is 4. The van der Waals surface area contributed by atoms with Gasteiger partial charge >= 0.3 is 5.97 Å². The monoisotopic (exact) mass is 296 g/mol. The Morgan fingerprint density at radius 3 is 2.48 bits per heavy atom. The van der Waals surface area contributed by atoms with E-state index in [9.17, 15) is 15.0 Å². The second-order valence-electron chi connectivity index (χ2n) is 6.60. The van der Waals surface area contributed by atoms with E-state index in [4.69, 9.17) is 4.74 Å². The molecule has 2 unspecified atom stereocenters. The molecule has 0 aromatic carbocycles. The van der Waals surface area contributed by atoms with Gasteiger partial charge in [0.15, 0.2) is 0 Å². The third-order valence-corrected chi connectivity index (χ3v) is 4.26. The number of allylic oxidation sites excluding steroid dienone is 2. The van der Waals surface area contributed by atoms with Crippen LogP contribution in [-0.2, 0) is 9.53 Å². The maximum atomic E-state index is 11.2. The number of esters is 1. The summed E-state index contributed by atoms with van der Waals surface area (Å²) in [7, 11) is 0. The molecular weight excluding hydrogens is 268 g/mol. The molecule has 0 aromatic heterocycles. The zero-order chi connectivity index (χ0) is 16.2. The van der Waals surface area contributed by atoms with Gasteiger partial charge < -0.3 is 14.9 Å². The minimum atomic E-state index is -0.859. The lowest BCUT2D eigenvalue weighted by molar-refractivity contribution is -0.137. The van der Waals surface area contributed by atoms with E-state index in [1.165, 1.54) is 6.92 Å². The maximum Gasteiger partial charge on any atom is 0.307 e. The van der Waals surface area contributed by atoms with Gasteiger partial charge in [0.2, 0.25) is 0 Å². The van der Waals surface area contributed by atoms with Crippen molar-refractivity contribution in [3.8, 4) is 0 Å². The summed E-state index contributed by atoms with van der Waals surface area (Å²) in [6, 6.07) is 0. The van der Waals surface area contributed by atoms with Crippen LogP contribution in [0, 0.1) is 5.92 Å². The van der Waals surface area contributed by atoms with Crippen molar-refractivity contribution in [3.05, 3.63) is 23.5 Å². The summed E-state index contributed by atoms with van der Waals surface area (Å²) in [5.41, 5.74) is 0.898. The van der Waals surface area contributed by atoms with E-state index < -0.39 is 11.7 Å². The first kappa shape index (κ1) is 17.9. The number of aliphatic hydroxyl groups is 2. The highest BCUT2D eigenvalue weighted by molar-refractivity contribution is 5.67. The molecule has 2 N–H and O–H groups in total. The van der Waals surface area contributed by atoms with Crippen LogP contribution in [0.4, 0.5) is 0 Å². The Labute approximate surface area is 127 Å². The van der Waals surface area contributed by atoms with Gasteiger partial charge in [0, 0.05) is 13.3 Å². The molecule has 0 spiro atoms. The summed E-state index contributed by atoms with van der Waals surface area (Å²) >= 11 is 0. The third-order valence-electron chi connectivity index (χ3n) is 4.26. The van der Waals surface area contributed by atoms with Gasteiger partial charge in [-0.1, -0.05) is 6.58 Å². The van der Waals surface area contributed by atoms with Crippen LogP contribution in [0.2, 0.25) is 0 Å². The molecule has 1 aliphatic rings. The number of aliphatic hydroxyl groups excluding tert-OH is 1. The smallest absolute Gasteiger partial charge is 0.307 e. The van der Waals surface area contributed by atoms with E-state index >= 15 is 0 Å². The summed E-state index contributed by atoms with van der Waals surface area (Å²) in [5, 5.41) is 20.5. The van der Waals surface area contributed by atoms with E-state index in [1.807, 2.05) is 6.92 Å². The van der Waals surface area contributed by atoms with E-state index in [2.05, 4.69) is 6.58 Å². The van der Waals surface area contributed by atoms with Crippen LogP contribution < -0.4 is 0 Å². The van der Waals surface area contributed by atoms with Crippen molar-refractivity contribution in [2.45, 2.75) is 71.5 Å². The highest BCUT2D eigenvalue weighted by Gasteiger charge is 2.30. The molecule has 1 rings (SSSR count). The Morgan fingerprint density at radius 2 is 1.95 bits per heavy atom. The van der Waals surface area contributed by atoms with Crippen LogP contribution in [0.25, 0.3) is 0 Å². The van der Waals surface area contributed by atoms with Crippen LogP contribution in [0.15, 0.2) is 23.5 Å². The fourth-order valence-corrected chi connectivity index (χ4v) is 2.69. The molecule has 120 valence electrons. The minimum absolute atomic E-state index is 0.0316. The van der Waals surface area contributed by atoms with Crippen molar-refractivity contribution < 1.29 is 19.7 Å². The zero-order valence-electron chi connectivity index (χ0n) is 13.6. The van der Waals surface area contributed by atoms with Crippen molar-refractivity contribution in [2.24, 2.45) is 5.92 Å². The summed E-state index contributed by atoms with van der Waals surface area (Å²) in [6.07, 6.45) is 2.53.